The Balaban J connectivity index is 1.82. The van der Waals surface area contributed by atoms with Crippen LogP contribution in [0.2, 0.25) is 0 Å². The number of rotatable bonds is 3. The number of nitrogens with zero attached hydrogens (tertiary/aromatic N) is 2. The summed E-state index contributed by atoms with van der Waals surface area (Å²) in [6, 6.07) is 4.18. The second kappa shape index (κ2) is 4.82. The number of ketones is 1. The SMILES string of the molecule is CN(Cc1cccs1)c1nc2c(s1)CCCC2=O. The average Bonchev–Trinajstić information content (AvgIpc) is 2.97. The third-order valence-corrected chi connectivity index (χ3v) is 5.15. The van der Waals surface area contributed by atoms with E-state index in [-0.39, 0.29) is 5.78 Å². The summed E-state index contributed by atoms with van der Waals surface area (Å²) in [5.41, 5.74) is 0.722. The molecular formula is C13H14N2OS2. The molecule has 1 aliphatic rings. The lowest BCUT2D eigenvalue weighted by Gasteiger charge is -2.13. The van der Waals surface area contributed by atoms with Crippen molar-refractivity contribution in [3.05, 3.63) is 33.0 Å². The van der Waals surface area contributed by atoms with Crippen molar-refractivity contribution in [1.29, 1.82) is 0 Å². The van der Waals surface area contributed by atoms with Crippen molar-refractivity contribution in [3.63, 3.8) is 0 Å². The number of thiazole rings is 1. The van der Waals surface area contributed by atoms with E-state index in [1.54, 1.807) is 22.7 Å². The number of Topliss-reactive ketones (excluding diaryl/α,β-unsaturated/α-hetero) is 1. The summed E-state index contributed by atoms with van der Waals surface area (Å²) in [5, 5.41) is 3.04. The number of carbonyl (C=O) groups excluding carboxylic acids is 1. The number of anilines is 1. The van der Waals surface area contributed by atoms with E-state index in [0.717, 1.165) is 30.2 Å². The zero-order chi connectivity index (χ0) is 12.5. The summed E-state index contributed by atoms with van der Waals surface area (Å²) in [5.74, 6) is 0.211. The third kappa shape index (κ3) is 2.20. The second-order valence-corrected chi connectivity index (χ2v) is 6.57. The molecule has 0 unspecified atom stereocenters. The van der Waals surface area contributed by atoms with Crippen LogP contribution in [0.15, 0.2) is 17.5 Å². The van der Waals surface area contributed by atoms with Crippen LogP contribution in [0.3, 0.4) is 0 Å². The van der Waals surface area contributed by atoms with Gasteiger partial charge in [0.25, 0.3) is 0 Å². The smallest absolute Gasteiger partial charge is 0.186 e. The fourth-order valence-corrected chi connectivity index (χ4v) is 3.96. The quantitative estimate of drug-likeness (QED) is 0.863. The zero-order valence-electron chi connectivity index (χ0n) is 10.2. The minimum Gasteiger partial charge on any atom is -0.346 e. The third-order valence-electron chi connectivity index (χ3n) is 3.06. The van der Waals surface area contributed by atoms with Gasteiger partial charge in [-0.05, 0) is 24.3 Å². The van der Waals surface area contributed by atoms with Crippen molar-refractivity contribution in [2.45, 2.75) is 25.8 Å². The van der Waals surface area contributed by atoms with Crippen molar-refractivity contribution in [1.82, 2.24) is 4.98 Å². The van der Waals surface area contributed by atoms with Gasteiger partial charge in [0.1, 0.15) is 5.69 Å². The van der Waals surface area contributed by atoms with Crippen LogP contribution in [-0.2, 0) is 13.0 Å². The second-order valence-electron chi connectivity index (χ2n) is 4.48. The van der Waals surface area contributed by atoms with Crippen LogP contribution in [0.4, 0.5) is 5.13 Å². The lowest BCUT2D eigenvalue weighted by Crippen LogP contribution is -2.15. The van der Waals surface area contributed by atoms with Gasteiger partial charge in [0.15, 0.2) is 10.9 Å². The predicted molar refractivity (Wildman–Crippen MR) is 75.8 cm³/mol. The Bertz CT molecular complexity index is 560. The molecule has 0 aliphatic heterocycles. The van der Waals surface area contributed by atoms with Gasteiger partial charge in [-0.2, -0.15) is 0 Å². The van der Waals surface area contributed by atoms with Crippen molar-refractivity contribution >= 4 is 33.6 Å². The molecule has 0 spiro atoms. The Morgan fingerprint density at radius 2 is 2.33 bits per heavy atom. The Morgan fingerprint density at radius 1 is 1.44 bits per heavy atom. The van der Waals surface area contributed by atoms with Crippen LogP contribution in [0.5, 0.6) is 0 Å². The topological polar surface area (TPSA) is 33.2 Å². The molecule has 0 saturated heterocycles. The summed E-state index contributed by atoms with van der Waals surface area (Å²) in [7, 11) is 2.04. The molecule has 2 heterocycles. The number of aryl methyl sites for hydroxylation is 1. The van der Waals surface area contributed by atoms with Crippen LogP contribution in [0.1, 0.15) is 33.1 Å². The lowest BCUT2D eigenvalue weighted by atomic mass is 10.0. The van der Waals surface area contributed by atoms with E-state index in [1.165, 1.54) is 9.75 Å². The highest BCUT2D eigenvalue weighted by atomic mass is 32.1. The molecule has 2 aromatic heterocycles. The zero-order valence-corrected chi connectivity index (χ0v) is 11.8. The van der Waals surface area contributed by atoms with Gasteiger partial charge in [-0.1, -0.05) is 6.07 Å². The largest absolute Gasteiger partial charge is 0.346 e. The monoisotopic (exact) mass is 278 g/mol. The average molecular weight is 278 g/mol. The van der Waals surface area contributed by atoms with Crippen molar-refractivity contribution < 1.29 is 4.79 Å². The normalized spacial score (nSPS) is 14.6. The Morgan fingerprint density at radius 3 is 3.06 bits per heavy atom. The van der Waals surface area contributed by atoms with E-state index < -0.39 is 0 Å². The Kier molecular flexibility index (Phi) is 3.18. The van der Waals surface area contributed by atoms with E-state index in [2.05, 4.69) is 27.4 Å². The molecule has 18 heavy (non-hydrogen) atoms. The molecule has 0 saturated carbocycles. The van der Waals surface area contributed by atoms with Gasteiger partial charge < -0.3 is 4.90 Å². The first-order valence-electron chi connectivity index (χ1n) is 6.00. The highest BCUT2D eigenvalue weighted by molar-refractivity contribution is 7.16. The summed E-state index contributed by atoms with van der Waals surface area (Å²) in [6.07, 6.45) is 2.64. The molecule has 5 heteroatoms. The number of hydrogen-bond acceptors (Lipinski definition) is 5. The lowest BCUT2D eigenvalue weighted by molar-refractivity contribution is 0.0968. The fraction of sp³-hybridized carbons (Fsp3) is 0.385. The van der Waals surface area contributed by atoms with Crippen LogP contribution in [-0.4, -0.2) is 17.8 Å². The first kappa shape index (κ1) is 11.9. The van der Waals surface area contributed by atoms with Crippen LogP contribution < -0.4 is 4.90 Å². The van der Waals surface area contributed by atoms with Crippen LogP contribution >= 0.6 is 22.7 Å². The maximum Gasteiger partial charge on any atom is 0.186 e. The summed E-state index contributed by atoms with van der Waals surface area (Å²) >= 11 is 3.42. The van der Waals surface area contributed by atoms with Gasteiger partial charge in [-0.3, -0.25) is 4.79 Å². The van der Waals surface area contributed by atoms with Crippen molar-refractivity contribution in [2.75, 3.05) is 11.9 Å². The molecular weight excluding hydrogens is 264 g/mol. The van der Waals surface area contributed by atoms with Gasteiger partial charge in [0.05, 0.1) is 6.54 Å². The van der Waals surface area contributed by atoms with Gasteiger partial charge in [0, 0.05) is 23.2 Å². The van der Waals surface area contributed by atoms with E-state index in [4.69, 9.17) is 0 Å². The van der Waals surface area contributed by atoms with E-state index in [1.807, 2.05) is 7.05 Å². The first-order valence-corrected chi connectivity index (χ1v) is 7.70. The summed E-state index contributed by atoms with van der Waals surface area (Å²) in [6.45, 7) is 0.859. The van der Waals surface area contributed by atoms with Crippen molar-refractivity contribution in [3.8, 4) is 0 Å². The Labute approximate surface area is 114 Å². The molecule has 0 radical (unpaired) electrons. The minimum absolute atomic E-state index is 0.211. The Hall–Kier alpha value is -1.20. The van der Waals surface area contributed by atoms with E-state index in [9.17, 15) is 4.79 Å². The molecule has 0 amide bonds. The molecule has 0 aromatic carbocycles. The molecule has 1 aliphatic carbocycles. The fourth-order valence-electron chi connectivity index (χ4n) is 2.12. The molecule has 0 atom stereocenters. The molecule has 3 nitrogen and oxygen atoms in total. The molecule has 0 fully saturated rings. The highest BCUT2D eigenvalue weighted by Crippen LogP contribution is 2.32. The molecule has 3 rings (SSSR count). The molecule has 2 aromatic rings. The van der Waals surface area contributed by atoms with Crippen LogP contribution in [0.25, 0.3) is 0 Å². The molecule has 0 N–H and O–H groups in total. The number of carbonyl (C=O) groups is 1. The van der Waals surface area contributed by atoms with Crippen LogP contribution in [0, 0.1) is 0 Å². The number of aromatic nitrogens is 1. The number of fused-ring (bicyclic) bond motifs is 1. The number of hydrogen-bond donors (Lipinski definition) is 0. The predicted octanol–water partition coefficient (Wildman–Crippen LogP) is 3.36. The van der Waals surface area contributed by atoms with Crippen molar-refractivity contribution in [2.24, 2.45) is 0 Å². The maximum atomic E-state index is 11.8. The van der Waals surface area contributed by atoms with Gasteiger partial charge in [0.2, 0.25) is 0 Å². The minimum atomic E-state index is 0.211. The highest BCUT2D eigenvalue weighted by Gasteiger charge is 2.23. The van der Waals surface area contributed by atoms with Gasteiger partial charge in [-0.25, -0.2) is 4.98 Å². The molecule has 94 valence electrons. The maximum absolute atomic E-state index is 11.8. The standard InChI is InChI=1S/C13H14N2OS2/c1-15(8-9-4-3-7-17-9)13-14-12-10(16)5-2-6-11(12)18-13/h3-4,7H,2,5-6,8H2,1H3. The summed E-state index contributed by atoms with van der Waals surface area (Å²) in [4.78, 5) is 20.9. The summed E-state index contributed by atoms with van der Waals surface area (Å²) < 4.78 is 0. The molecule has 0 bridgehead atoms. The number of thiophene rings is 1. The van der Waals surface area contributed by atoms with Gasteiger partial charge >= 0.3 is 0 Å². The van der Waals surface area contributed by atoms with E-state index in [0.29, 0.717) is 6.42 Å². The van der Waals surface area contributed by atoms with Gasteiger partial charge in [-0.15, -0.1) is 22.7 Å². The first-order chi connectivity index (χ1) is 8.74. The van der Waals surface area contributed by atoms with E-state index >= 15 is 0 Å².